The van der Waals surface area contributed by atoms with Crippen LogP contribution < -0.4 is 4.72 Å². The van der Waals surface area contributed by atoms with Gasteiger partial charge in [-0.15, -0.1) is 0 Å². The van der Waals surface area contributed by atoms with Crippen molar-refractivity contribution >= 4 is 27.6 Å². The summed E-state index contributed by atoms with van der Waals surface area (Å²) < 4.78 is 39.6. The Labute approximate surface area is 120 Å². The summed E-state index contributed by atoms with van der Waals surface area (Å²) in [5.74, 6) is -2.23. The predicted molar refractivity (Wildman–Crippen MR) is 70.5 cm³/mol. The van der Waals surface area contributed by atoms with Crippen LogP contribution in [0.2, 0.25) is 5.02 Å². The number of rotatable bonds is 5. The van der Waals surface area contributed by atoms with Crippen LogP contribution in [0.5, 0.6) is 0 Å². The summed E-state index contributed by atoms with van der Waals surface area (Å²) in [5, 5.41) is 8.90. The second-order valence-electron chi connectivity index (χ2n) is 4.96. The van der Waals surface area contributed by atoms with E-state index in [0.717, 1.165) is 18.2 Å². The van der Waals surface area contributed by atoms with E-state index in [9.17, 15) is 22.7 Å². The average Bonchev–Trinajstić information content (AvgIpc) is 3.15. The second kappa shape index (κ2) is 4.98. The first kappa shape index (κ1) is 15.2. The number of carbonyl (C=O) groups is 1. The van der Waals surface area contributed by atoms with Gasteiger partial charge in [0.15, 0.2) is 0 Å². The average molecular weight is 322 g/mol. The molecule has 1 unspecified atom stereocenters. The smallest absolute Gasteiger partial charge is 0.324 e. The number of benzene rings is 1. The first-order valence-corrected chi connectivity index (χ1v) is 7.75. The summed E-state index contributed by atoms with van der Waals surface area (Å²) in [4.78, 5) is 11.1. The molecule has 5 nitrogen and oxygen atoms in total. The molecule has 1 fully saturated rings. The van der Waals surface area contributed by atoms with Gasteiger partial charge in [-0.3, -0.25) is 4.79 Å². The van der Waals surface area contributed by atoms with E-state index in [1.807, 2.05) is 0 Å². The highest BCUT2D eigenvalue weighted by Gasteiger charge is 2.50. The molecule has 0 spiro atoms. The lowest BCUT2D eigenvalue weighted by Gasteiger charge is -2.25. The fraction of sp³-hybridized carbons (Fsp3) is 0.417. The third-order valence-electron chi connectivity index (χ3n) is 3.39. The Balaban J connectivity index is 2.35. The molecular formula is C12H13ClFNO4S. The molecule has 1 atom stereocenters. The van der Waals surface area contributed by atoms with Crippen molar-refractivity contribution in [1.82, 2.24) is 4.72 Å². The molecule has 1 saturated carbocycles. The third kappa shape index (κ3) is 2.79. The largest absolute Gasteiger partial charge is 0.480 e. The summed E-state index contributed by atoms with van der Waals surface area (Å²) in [6.45, 7) is 1.33. The molecule has 20 heavy (non-hydrogen) atoms. The summed E-state index contributed by atoms with van der Waals surface area (Å²) in [5.41, 5.74) is -1.57. The molecule has 1 aromatic carbocycles. The number of sulfonamides is 1. The molecule has 1 aliphatic rings. The molecule has 0 aromatic heterocycles. The van der Waals surface area contributed by atoms with E-state index in [2.05, 4.69) is 4.72 Å². The molecule has 110 valence electrons. The van der Waals surface area contributed by atoms with E-state index in [0.29, 0.717) is 12.8 Å². The predicted octanol–water partition coefficient (Wildman–Crippen LogP) is 2.01. The molecular weight excluding hydrogens is 309 g/mol. The Morgan fingerprint density at radius 3 is 2.55 bits per heavy atom. The van der Waals surface area contributed by atoms with Crippen molar-refractivity contribution in [2.45, 2.75) is 30.2 Å². The minimum Gasteiger partial charge on any atom is -0.480 e. The van der Waals surface area contributed by atoms with Crippen LogP contribution in [0.4, 0.5) is 4.39 Å². The second-order valence-corrected chi connectivity index (χ2v) is 7.05. The molecule has 2 rings (SSSR count). The molecule has 0 amide bonds. The lowest BCUT2D eigenvalue weighted by atomic mass is 9.98. The fourth-order valence-corrected chi connectivity index (χ4v) is 3.64. The van der Waals surface area contributed by atoms with Crippen molar-refractivity contribution < 1.29 is 22.7 Å². The first-order valence-electron chi connectivity index (χ1n) is 5.89. The van der Waals surface area contributed by atoms with Gasteiger partial charge in [0.25, 0.3) is 0 Å². The van der Waals surface area contributed by atoms with Gasteiger partial charge >= 0.3 is 5.97 Å². The highest BCUT2D eigenvalue weighted by atomic mass is 35.5. The summed E-state index contributed by atoms with van der Waals surface area (Å²) >= 11 is 5.55. The zero-order valence-corrected chi connectivity index (χ0v) is 12.1. The van der Waals surface area contributed by atoms with Crippen LogP contribution in [0.3, 0.4) is 0 Å². The quantitative estimate of drug-likeness (QED) is 0.869. The molecule has 0 saturated heterocycles. The van der Waals surface area contributed by atoms with Crippen LogP contribution in [0.25, 0.3) is 0 Å². The van der Waals surface area contributed by atoms with E-state index in [1.54, 1.807) is 0 Å². The van der Waals surface area contributed by atoms with E-state index < -0.39 is 27.3 Å². The monoisotopic (exact) mass is 321 g/mol. The van der Waals surface area contributed by atoms with Gasteiger partial charge in [-0.05, 0) is 43.9 Å². The Morgan fingerprint density at radius 1 is 1.50 bits per heavy atom. The highest BCUT2D eigenvalue weighted by molar-refractivity contribution is 7.89. The molecule has 8 heteroatoms. The highest BCUT2D eigenvalue weighted by Crippen LogP contribution is 2.40. The van der Waals surface area contributed by atoms with Gasteiger partial charge in [0.05, 0.1) is 9.92 Å². The lowest BCUT2D eigenvalue weighted by Crippen LogP contribution is -2.53. The standard InChI is InChI=1S/C12H13ClFNO4S/c1-12(11(16)17,7-2-3-7)15-20(18,19)8-4-5-10(14)9(13)6-8/h4-7,15H,2-3H2,1H3,(H,16,17). The normalized spacial score (nSPS) is 18.6. The minimum absolute atomic E-state index is 0.245. The van der Waals surface area contributed by atoms with Gasteiger partial charge in [-0.25, -0.2) is 12.8 Å². The van der Waals surface area contributed by atoms with E-state index in [-0.39, 0.29) is 15.8 Å². The van der Waals surface area contributed by atoms with Crippen LogP contribution in [0.15, 0.2) is 23.1 Å². The molecule has 0 bridgehead atoms. The minimum atomic E-state index is -4.09. The van der Waals surface area contributed by atoms with Gasteiger partial charge in [-0.1, -0.05) is 11.6 Å². The number of carboxylic acid groups (broad SMARTS) is 1. The van der Waals surface area contributed by atoms with Crippen molar-refractivity contribution in [3.05, 3.63) is 29.0 Å². The zero-order chi connectivity index (χ0) is 15.1. The summed E-state index contributed by atoms with van der Waals surface area (Å²) in [6.07, 6.45) is 1.30. The Kier molecular flexibility index (Phi) is 3.79. The number of carboxylic acids is 1. The fourth-order valence-electron chi connectivity index (χ4n) is 1.94. The summed E-state index contributed by atoms with van der Waals surface area (Å²) in [7, 11) is -4.09. The summed E-state index contributed by atoms with van der Waals surface area (Å²) in [6, 6.07) is 2.92. The topological polar surface area (TPSA) is 83.5 Å². The molecule has 1 aliphatic carbocycles. The maximum Gasteiger partial charge on any atom is 0.324 e. The van der Waals surface area contributed by atoms with Crippen LogP contribution in [0.1, 0.15) is 19.8 Å². The van der Waals surface area contributed by atoms with Crippen LogP contribution in [0, 0.1) is 11.7 Å². The number of nitrogens with one attached hydrogen (secondary N) is 1. The Hall–Kier alpha value is -1.18. The van der Waals surface area contributed by atoms with Crippen molar-refractivity contribution in [2.24, 2.45) is 5.92 Å². The van der Waals surface area contributed by atoms with Gasteiger partial charge in [0.1, 0.15) is 11.4 Å². The first-order chi connectivity index (χ1) is 9.17. The van der Waals surface area contributed by atoms with Crippen molar-refractivity contribution in [3.8, 4) is 0 Å². The maximum absolute atomic E-state index is 13.0. The number of hydrogen-bond acceptors (Lipinski definition) is 3. The van der Waals surface area contributed by atoms with E-state index in [4.69, 9.17) is 11.6 Å². The van der Waals surface area contributed by atoms with E-state index >= 15 is 0 Å². The van der Waals surface area contributed by atoms with Gasteiger partial charge < -0.3 is 5.11 Å². The van der Waals surface area contributed by atoms with Crippen molar-refractivity contribution in [3.63, 3.8) is 0 Å². The van der Waals surface area contributed by atoms with Crippen molar-refractivity contribution in [1.29, 1.82) is 0 Å². The molecule has 0 aliphatic heterocycles. The molecule has 2 N–H and O–H groups in total. The lowest BCUT2D eigenvalue weighted by molar-refractivity contribution is -0.144. The molecule has 0 heterocycles. The van der Waals surface area contributed by atoms with Crippen molar-refractivity contribution in [2.75, 3.05) is 0 Å². The third-order valence-corrected chi connectivity index (χ3v) is 5.24. The maximum atomic E-state index is 13.0. The van der Waals surface area contributed by atoms with E-state index in [1.165, 1.54) is 6.92 Å². The van der Waals surface area contributed by atoms with Crippen LogP contribution in [-0.2, 0) is 14.8 Å². The zero-order valence-electron chi connectivity index (χ0n) is 10.6. The number of halogens is 2. The van der Waals surface area contributed by atoms with Crippen LogP contribution >= 0.6 is 11.6 Å². The van der Waals surface area contributed by atoms with Gasteiger partial charge in [0.2, 0.25) is 10.0 Å². The Bertz CT molecular complexity index is 659. The molecule has 0 radical (unpaired) electrons. The number of hydrogen-bond donors (Lipinski definition) is 2. The SMILES string of the molecule is CC(NS(=O)(=O)c1ccc(F)c(Cl)c1)(C(=O)O)C1CC1. The van der Waals surface area contributed by atoms with Gasteiger partial charge in [-0.2, -0.15) is 4.72 Å². The van der Waals surface area contributed by atoms with Gasteiger partial charge in [0, 0.05) is 0 Å². The number of aliphatic carboxylic acids is 1. The van der Waals surface area contributed by atoms with Crippen LogP contribution in [-0.4, -0.2) is 25.0 Å². The Morgan fingerprint density at radius 2 is 2.10 bits per heavy atom. The molecule has 1 aromatic rings.